The Morgan fingerprint density at radius 2 is 1.70 bits per heavy atom. The van der Waals surface area contributed by atoms with Gasteiger partial charge in [-0.3, -0.25) is 0 Å². The van der Waals surface area contributed by atoms with E-state index in [4.69, 9.17) is 9.72 Å². The smallest absolute Gasteiger partial charge is 0.321 e. The van der Waals surface area contributed by atoms with Crippen molar-refractivity contribution in [1.82, 2.24) is 14.9 Å². The number of rotatable bonds is 5. The maximum atomic E-state index is 12.6. The Bertz CT molecular complexity index is 858. The summed E-state index contributed by atoms with van der Waals surface area (Å²) in [6.07, 6.45) is 2.41. The number of carbonyl (C=O) groups is 1. The monoisotopic (exact) mass is 410 g/mol. The second kappa shape index (κ2) is 9.19. The molecule has 0 unspecified atom stereocenters. The van der Waals surface area contributed by atoms with Crippen LogP contribution in [-0.4, -0.2) is 66.8 Å². The van der Waals surface area contributed by atoms with Crippen molar-refractivity contribution < 1.29 is 9.53 Å². The van der Waals surface area contributed by atoms with Crippen molar-refractivity contribution in [3.63, 3.8) is 0 Å². The van der Waals surface area contributed by atoms with Crippen LogP contribution in [-0.2, 0) is 0 Å². The van der Waals surface area contributed by atoms with Gasteiger partial charge in [0.1, 0.15) is 11.6 Å². The van der Waals surface area contributed by atoms with E-state index >= 15 is 0 Å². The predicted molar refractivity (Wildman–Crippen MR) is 119 cm³/mol. The van der Waals surface area contributed by atoms with E-state index in [0.717, 1.165) is 55.1 Å². The number of piperazine rings is 1. The fourth-order valence-corrected chi connectivity index (χ4v) is 3.90. The van der Waals surface area contributed by atoms with E-state index in [1.807, 2.05) is 49.1 Å². The van der Waals surface area contributed by atoms with E-state index in [1.54, 1.807) is 0 Å². The molecule has 0 radical (unpaired) electrons. The lowest BCUT2D eigenvalue weighted by molar-refractivity contribution is 0.208. The van der Waals surface area contributed by atoms with Gasteiger partial charge in [-0.1, -0.05) is 0 Å². The molecule has 2 aliphatic rings. The van der Waals surface area contributed by atoms with Crippen LogP contribution in [0.3, 0.4) is 0 Å². The lowest BCUT2D eigenvalue weighted by Crippen LogP contribution is -2.50. The van der Waals surface area contributed by atoms with Gasteiger partial charge in [-0.05, 0) is 51.0 Å². The van der Waals surface area contributed by atoms with Gasteiger partial charge in [-0.15, -0.1) is 0 Å². The van der Waals surface area contributed by atoms with Crippen LogP contribution in [0.5, 0.6) is 5.75 Å². The van der Waals surface area contributed by atoms with Crippen molar-refractivity contribution in [3.05, 3.63) is 36.0 Å². The normalized spacial score (nSPS) is 16.7. The molecule has 2 amide bonds. The van der Waals surface area contributed by atoms with Crippen molar-refractivity contribution in [2.24, 2.45) is 0 Å². The molecule has 0 bridgehead atoms. The fourth-order valence-electron chi connectivity index (χ4n) is 3.90. The second-order valence-electron chi connectivity index (χ2n) is 7.72. The average Bonchev–Trinajstić information content (AvgIpc) is 3.30. The Labute approximate surface area is 177 Å². The second-order valence-corrected chi connectivity index (χ2v) is 7.72. The highest BCUT2D eigenvalue weighted by Crippen LogP contribution is 2.22. The minimum atomic E-state index is -0.0737. The summed E-state index contributed by atoms with van der Waals surface area (Å²) in [5.74, 6) is 2.59. The summed E-state index contributed by atoms with van der Waals surface area (Å²) >= 11 is 0. The van der Waals surface area contributed by atoms with Crippen LogP contribution in [0, 0.1) is 6.92 Å². The highest BCUT2D eigenvalue weighted by atomic mass is 16.5. The quantitative estimate of drug-likeness (QED) is 0.816. The molecule has 2 fully saturated rings. The first-order chi connectivity index (χ1) is 14.6. The standard InChI is InChI=1S/C22H30N6O2/c1-3-30-19-8-6-18(7-9-19)24-22(29)28-14-12-26(13-15-28)20-16-17(2)23-21(25-20)27-10-4-5-11-27/h6-9,16H,3-5,10-15H2,1-2H3,(H,24,29). The molecule has 8 nitrogen and oxygen atoms in total. The predicted octanol–water partition coefficient (Wildman–Crippen LogP) is 3.14. The molecule has 2 saturated heterocycles. The van der Waals surface area contributed by atoms with E-state index in [2.05, 4.69) is 20.1 Å². The number of nitrogens with one attached hydrogen (secondary N) is 1. The van der Waals surface area contributed by atoms with Crippen LogP contribution in [0.4, 0.5) is 22.2 Å². The summed E-state index contributed by atoms with van der Waals surface area (Å²) in [7, 11) is 0. The third-order valence-corrected chi connectivity index (χ3v) is 5.53. The van der Waals surface area contributed by atoms with Gasteiger partial charge >= 0.3 is 6.03 Å². The highest BCUT2D eigenvalue weighted by Gasteiger charge is 2.24. The number of aryl methyl sites for hydroxylation is 1. The van der Waals surface area contributed by atoms with Crippen LogP contribution in [0.25, 0.3) is 0 Å². The number of ether oxygens (including phenoxy) is 1. The molecule has 160 valence electrons. The summed E-state index contributed by atoms with van der Waals surface area (Å²) in [6.45, 7) is 9.48. The summed E-state index contributed by atoms with van der Waals surface area (Å²) in [5, 5.41) is 2.97. The Kier molecular flexibility index (Phi) is 6.21. The van der Waals surface area contributed by atoms with Crippen molar-refractivity contribution >= 4 is 23.5 Å². The maximum absolute atomic E-state index is 12.6. The van der Waals surface area contributed by atoms with E-state index < -0.39 is 0 Å². The molecule has 2 aromatic rings. The largest absolute Gasteiger partial charge is 0.494 e. The topological polar surface area (TPSA) is 73.8 Å². The molecule has 1 N–H and O–H groups in total. The number of anilines is 3. The number of aromatic nitrogens is 2. The molecule has 4 rings (SSSR count). The Hall–Kier alpha value is -3.03. The summed E-state index contributed by atoms with van der Waals surface area (Å²) in [5.41, 5.74) is 1.75. The van der Waals surface area contributed by atoms with E-state index in [1.165, 1.54) is 12.8 Å². The zero-order valence-electron chi connectivity index (χ0n) is 17.8. The number of carbonyl (C=O) groups excluding carboxylic acids is 1. The molecule has 2 aliphatic heterocycles. The van der Waals surface area contributed by atoms with Gasteiger partial charge in [0.05, 0.1) is 6.61 Å². The summed E-state index contributed by atoms with van der Waals surface area (Å²) in [6, 6.07) is 9.43. The number of hydrogen-bond acceptors (Lipinski definition) is 6. The molecule has 1 aromatic carbocycles. The van der Waals surface area contributed by atoms with E-state index in [-0.39, 0.29) is 6.03 Å². The fraction of sp³-hybridized carbons (Fsp3) is 0.500. The minimum Gasteiger partial charge on any atom is -0.494 e. The maximum Gasteiger partial charge on any atom is 0.321 e. The number of amides is 2. The molecule has 0 saturated carbocycles. The first-order valence-electron chi connectivity index (χ1n) is 10.8. The van der Waals surface area contributed by atoms with Crippen LogP contribution in [0.2, 0.25) is 0 Å². The summed E-state index contributed by atoms with van der Waals surface area (Å²) in [4.78, 5) is 28.4. The summed E-state index contributed by atoms with van der Waals surface area (Å²) < 4.78 is 5.44. The third kappa shape index (κ3) is 4.75. The number of nitrogens with zero attached hydrogens (tertiary/aromatic N) is 5. The van der Waals surface area contributed by atoms with E-state index in [0.29, 0.717) is 19.7 Å². The molecule has 8 heteroatoms. The molecule has 0 spiro atoms. The third-order valence-electron chi connectivity index (χ3n) is 5.53. The van der Waals surface area contributed by atoms with Gasteiger partial charge < -0.3 is 24.8 Å². The zero-order valence-corrected chi connectivity index (χ0v) is 17.8. The number of benzene rings is 1. The van der Waals surface area contributed by atoms with Gasteiger partial charge in [0.25, 0.3) is 0 Å². The van der Waals surface area contributed by atoms with Gasteiger partial charge in [0.15, 0.2) is 0 Å². The van der Waals surface area contributed by atoms with E-state index in [9.17, 15) is 4.79 Å². The molecule has 0 aliphatic carbocycles. The van der Waals surface area contributed by atoms with Gasteiger partial charge in [0, 0.05) is 56.7 Å². The lowest BCUT2D eigenvalue weighted by Gasteiger charge is -2.35. The molecular weight excluding hydrogens is 380 g/mol. The lowest BCUT2D eigenvalue weighted by atomic mass is 10.3. The Morgan fingerprint density at radius 3 is 2.37 bits per heavy atom. The van der Waals surface area contributed by atoms with Crippen molar-refractivity contribution in [3.8, 4) is 5.75 Å². The van der Waals surface area contributed by atoms with Crippen LogP contribution >= 0.6 is 0 Å². The van der Waals surface area contributed by atoms with Crippen molar-refractivity contribution in [2.75, 3.05) is 61.0 Å². The molecule has 3 heterocycles. The van der Waals surface area contributed by atoms with Crippen molar-refractivity contribution in [2.45, 2.75) is 26.7 Å². The van der Waals surface area contributed by atoms with Gasteiger partial charge in [-0.25, -0.2) is 9.78 Å². The highest BCUT2D eigenvalue weighted by molar-refractivity contribution is 5.89. The van der Waals surface area contributed by atoms with Crippen LogP contribution < -0.4 is 19.9 Å². The number of urea groups is 1. The SMILES string of the molecule is CCOc1ccc(NC(=O)N2CCN(c3cc(C)nc(N4CCCC4)n3)CC2)cc1. The first-order valence-corrected chi connectivity index (χ1v) is 10.8. The number of hydrogen-bond donors (Lipinski definition) is 1. The first kappa shape index (κ1) is 20.3. The van der Waals surface area contributed by atoms with Crippen LogP contribution in [0.15, 0.2) is 30.3 Å². The Morgan fingerprint density at radius 1 is 1.00 bits per heavy atom. The molecule has 30 heavy (non-hydrogen) atoms. The molecule has 0 atom stereocenters. The zero-order chi connectivity index (χ0) is 20.9. The Balaban J connectivity index is 1.33. The minimum absolute atomic E-state index is 0.0737. The molecular formula is C22H30N6O2. The average molecular weight is 411 g/mol. The van der Waals surface area contributed by atoms with Crippen molar-refractivity contribution in [1.29, 1.82) is 0 Å². The van der Waals surface area contributed by atoms with Gasteiger partial charge in [-0.2, -0.15) is 4.98 Å². The molecule has 1 aromatic heterocycles. The van der Waals surface area contributed by atoms with Crippen LogP contribution in [0.1, 0.15) is 25.5 Å². The van der Waals surface area contributed by atoms with Gasteiger partial charge in [0.2, 0.25) is 5.95 Å².